The second kappa shape index (κ2) is 10.9. The minimum Gasteiger partial charge on any atom is -0.481 e. The summed E-state index contributed by atoms with van der Waals surface area (Å²) in [7, 11) is 1.40. The molecule has 2 amide bonds. The molecule has 1 rings (SSSR count). The fourth-order valence-electron chi connectivity index (χ4n) is 3.03. The molecule has 0 aromatic heterocycles. The summed E-state index contributed by atoms with van der Waals surface area (Å²) in [5.74, 6) is -1.25. The van der Waals surface area contributed by atoms with Crippen molar-refractivity contribution in [2.24, 2.45) is 11.8 Å². The van der Waals surface area contributed by atoms with Crippen molar-refractivity contribution in [2.45, 2.75) is 51.9 Å². The Hall–Kier alpha value is -1.79. The van der Waals surface area contributed by atoms with E-state index in [9.17, 15) is 14.4 Å². The van der Waals surface area contributed by atoms with Crippen LogP contribution in [0, 0.1) is 11.8 Å². The number of piperidine rings is 1. The quantitative estimate of drug-likeness (QED) is 0.495. The van der Waals surface area contributed by atoms with Crippen molar-refractivity contribution in [3.8, 4) is 0 Å². The van der Waals surface area contributed by atoms with Gasteiger partial charge in [-0.3, -0.25) is 9.59 Å². The monoisotopic (exact) mass is 342 g/mol. The minimum atomic E-state index is -0.827. The molecule has 1 aliphatic rings. The van der Waals surface area contributed by atoms with Gasteiger partial charge in [0.1, 0.15) is 0 Å². The zero-order valence-corrected chi connectivity index (χ0v) is 14.8. The maximum atomic E-state index is 12.1. The average Bonchev–Trinajstić information content (AvgIpc) is 2.56. The number of unbranched alkanes of at least 4 members (excludes halogenated alkanes) is 4. The minimum absolute atomic E-state index is 0.168. The Kier molecular flexibility index (Phi) is 9.19. The Morgan fingerprint density at radius 2 is 1.79 bits per heavy atom. The number of rotatable bonds is 9. The number of urea groups is 1. The number of hydrogen-bond acceptors (Lipinski definition) is 4. The Balaban J connectivity index is 2.11. The molecular formula is C17H30N2O5. The average molecular weight is 342 g/mol. The zero-order chi connectivity index (χ0) is 17.9. The van der Waals surface area contributed by atoms with Gasteiger partial charge in [-0.2, -0.15) is 0 Å². The van der Waals surface area contributed by atoms with Crippen LogP contribution in [0.1, 0.15) is 51.9 Å². The molecule has 0 bridgehead atoms. The molecule has 138 valence electrons. The lowest BCUT2D eigenvalue weighted by Crippen LogP contribution is -2.49. The van der Waals surface area contributed by atoms with Gasteiger partial charge >= 0.3 is 18.0 Å². The molecule has 7 heteroatoms. The maximum absolute atomic E-state index is 12.1. The SMILES string of the molecule is COC(=O)CCCCCCCNC(=O)N1CC(C)CC(C(=O)O)C1. The van der Waals surface area contributed by atoms with Crippen LogP contribution in [0.4, 0.5) is 4.79 Å². The molecular weight excluding hydrogens is 312 g/mol. The van der Waals surface area contributed by atoms with E-state index in [4.69, 9.17) is 5.11 Å². The fraction of sp³-hybridized carbons (Fsp3) is 0.824. The van der Waals surface area contributed by atoms with Gasteiger partial charge in [0.2, 0.25) is 0 Å². The van der Waals surface area contributed by atoms with Crippen LogP contribution in [-0.2, 0) is 14.3 Å². The first-order valence-corrected chi connectivity index (χ1v) is 8.76. The second-order valence-electron chi connectivity index (χ2n) is 6.61. The topological polar surface area (TPSA) is 95.9 Å². The number of nitrogens with zero attached hydrogens (tertiary/aromatic N) is 1. The second-order valence-corrected chi connectivity index (χ2v) is 6.61. The molecule has 2 N–H and O–H groups in total. The summed E-state index contributed by atoms with van der Waals surface area (Å²) >= 11 is 0. The third-order valence-electron chi connectivity index (χ3n) is 4.36. The first-order chi connectivity index (χ1) is 11.4. The van der Waals surface area contributed by atoms with Gasteiger partial charge in [0.05, 0.1) is 13.0 Å². The molecule has 0 spiro atoms. The molecule has 24 heavy (non-hydrogen) atoms. The molecule has 1 aliphatic heterocycles. The van der Waals surface area contributed by atoms with Gasteiger partial charge in [0.15, 0.2) is 0 Å². The van der Waals surface area contributed by atoms with E-state index in [1.165, 1.54) is 7.11 Å². The first-order valence-electron chi connectivity index (χ1n) is 8.76. The number of nitrogens with one attached hydrogen (secondary N) is 1. The van der Waals surface area contributed by atoms with Crippen LogP contribution in [0.25, 0.3) is 0 Å². The molecule has 1 saturated heterocycles. The largest absolute Gasteiger partial charge is 0.481 e. The molecule has 2 unspecified atom stereocenters. The summed E-state index contributed by atoms with van der Waals surface area (Å²) in [6.07, 6.45) is 5.81. The van der Waals surface area contributed by atoms with Gasteiger partial charge in [-0.1, -0.05) is 26.2 Å². The number of methoxy groups -OCH3 is 1. The van der Waals surface area contributed by atoms with Gasteiger partial charge in [-0.25, -0.2) is 4.79 Å². The van der Waals surface area contributed by atoms with Crippen LogP contribution in [0.3, 0.4) is 0 Å². The lowest BCUT2D eigenvalue weighted by atomic mass is 9.91. The number of carboxylic acids is 1. The maximum Gasteiger partial charge on any atom is 0.317 e. The van der Waals surface area contributed by atoms with Gasteiger partial charge in [0, 0.05) is 26.1 Å². The fourth-order valence-corrected chi connectivity index (χ4v) is 3.03. The summed E-state index contributed by atoms with van der Waals surface area (Å²) < 4.78 is 4.58. The molecule has 0 radical (unpaired) electrons. The third kappa shape index (κ3) is 7.66. The van der Waals surface area contributed by atoms with Gasteiger partial charge in [0.25, 0.3) is 0 Å². The lowest BCUT2D eigenvalue weighted by Gasteiger charge is -2.34. The highest BCUT2D eigenvalue weighted by atomic mass is 16.5. The van der Waals surface area contributed by atoms with Crippen molar-refractivity contribution in [1.29, 1.82) is 0 Å². The Bertz CT molecular complexity index is 427. The van der Waals surface area contributed by atoms with Crippen LogP contribution >= 0.6 is 0 Å². The van der Waals surface area contributed by atoms with E-state index >= 15 is 0 Å². The van der Waals surface area contributed by atoms with E-state index in [1.54, 1.807) is 4.90 Å². The van der Waals surface area contributed by atoms with E-state index in [-0.39, 0.29) is 17.9 Å². The normalized spacial score (nSPS) is 20.5. The predicted molar refractivity (Wildman–Crippen MR) is 89.6 cm³/mol. The molecule has 0 aliphatic carbocycles. The Morgan fingerprint density at radius 3 is 2.46 bits per heavy atom. The zero-order valence-electron chi connectivity index (χ0n) is 14.8. The highest BCUT2D eigenvalue weighted by molar-refractivity contribution is 5.76. The Labute approximate surface area is 143 Å². The van der Waals surface area contributed by atoms with Crippen LogP contribution in [0.15, 0.2) is 0 Å². The molecule has 1 fully saturated rings. The summed E-state index contributed by atoms with van der Waals surface area (Å²) in [6.45, 7) is 3.48. The standard InChI is InChI=1S/C17H30N2O5/c1-13-10-14(16(21)22)12-19(11-13)17(23)18-9-7-5-3-4-6-8-15(20)24-2/h13-14H,3-12H2,1-2H3,(H,18,23)(H,21,22). The molecule has 7 nitrogen and oxygen atoms in total. The molecule has 2 atom stereocenters. The molecule has 1 heterocycles. The van der Waals surface area contributed by atoms with E-state index in [0.29, 0.717) is 32.5 Å². The van der Waals surface area contributed by atoms with E-state index in [1.807, 2.05) is 6.92 Å². The predicted octanol–water partition coefficient (Wildman–Crippen LogP) is 2.25. The van der Waals surface area contributed by atoms with E-state index < -0.39 is 11.9 Å². The van der Waals surface area contributed by atoms with Crippen molar-refractivity contribution in [1.82, 2.24) is 10.2 Å². The van der Waals surface area contributed by atoms with Crippen molar-refractivity contribution in [3.05, 3.63) is 0 Å². The highest BCUT2D eigenvalue weighted by Gasteiger charge is 2.31. The van der Waals surface area contributed by atoms with Crippen LogP contribution in [0.5, 0.6) is 0 Å². The van der Waals surface area contributed by atoms with Crippen molar-refractivity contribution in [2.75, 3.05) is 26.7 Å². The molecule has 0 saturated carbocycles. The number of ether oxygens (including phenoxy) is 1. The van der Waals surface area contributed by atoms with Crippen molar-refractivity contribution < 1.29 is 24.2 Å². The summed E-state index contributed by atoms with van der Waals surface area (Å²) in [5.41, 5.74) is 0. The molecule has 0 aromatic carbocycles. The number of carbonyl (C=O) groups excluding carboxylic acids is 2. The van der Waals surface area contributed by atoms with E-state index in [0.717, 1.165) is 32.1 Å². The molecule has 0 aromatic rings. The van der Waals surface area contributed by atoms with Crippen LogP contribution in [0.2, 0.25) is 0 Å². The first kappa shape index (κ1) is 20.3. The number of hydrogen-bond donors (Lipinski definition) is 2. The number of amides is 2. The van der Waals surface area contributed by atoms with Gasteiger partial charge in [-0.05, 0) is 25.2 Å². The van der Waals surface area contributed by atoms with Crippen LogP contribution in [-0.4, -0.2) is 54.7 Å². The summed E-state index contributed by atoms with van der Waals surface area (Å²) in [5, 5.41) is 12.0. The van der Waals surface area contributed by atoms with Crippen molar-refractivity contribution in [3.63, 3.8) is 0 Å². The summed E-state index contributed by atoms with van der Waals surface area (Å²) in [4.78, 5) is 35.8. The van der Waals surface area contributed by atoms with Gasteiger partial charge in [-0.15, -0.1) is 0 Å². The third-order valence-corrected chi connectivity index (χ3v) is 4.36. The highest BCUT2D eigenvalue weighted by Crippen LogP contribution is 2.21. The van der Waals surface area contributed by atoms with Crippen LogP contribution < -0.4 is 5.32 Å². The number of carboxylic acid groups (broad SMARTS) is 1. The van der Waals surface area contributed by atoms with Gasteiger partial charge < -0.3 is 20.1 Å². The number of esters is 1. The lowest BCUT2D eigenvalue weighted by molar-refractivity contribution is -0.144. The van der Waals surface area contributed by atoms with Crippen molar-refractivity contribution >= 4 is 18.0 Å². The Morgan fingerprint density at radius 1 is 1.12 bits per heavy atom. The summed E-state index contributed by atoms with van der Waals surface area (Å²) in [6, 6.07) is -0.168. The number of carbonyl (C=O) groups is 3. The number of likely N-dealkylation sites (tertiary alicyclic amines) is 1. The smallest absolute Gasteiger partial charge is 0.317 e. The van der Waals surface area contributed by atoms with E-state index in [2.05, 4.69) is 10.1 Å². The number of aliphatic carboxylic acids is 1.